The second-order valence-electron chi connectivity index (χ2n) is 5.99. The van der Waals surface area contributed by atoms with Gasteiger partial charge in [0.05, 0.1) is 0 Å². The molecule has 0 aliphatic heterocycles. The molecule has 0 atom stereocenters. The van der Waals surface area contributed by atoms with Crippen LogP contribution in [0.2, 0.25) is 5.02 Å². The minimum Gasteiger partial charge on any atom is -0.339 e. The maximum absolute atomic E-state index is 13.7. The van der Waals surface area contributed by atoms with Crippen LogP contribution in [0.1, 0.15) is 42.1 Å². The lowest BCUT2D eigenvalue weighted by Gasteiger charge is -2.23. The zero-order valence-corrected chi connectivity index (χ0v) is 15.0. The minimum atomic E-state index is -0.580. The summed E-state index contributed by atoms with van der Waals surface area (Å²) in [6, 6.07) is 10.4. The largest absolute Gasteiger partial charge is 0.339 e. The third kappa shape index (κ3) is 5.82. The Morgan fingerprint density at radius 3 is 2.36 bits per heavy atom. The lowest BCUT2D eigenvalue weighted by molar-refractivity contribution is 0.0751. The van der Waals surface area contributed by atoms with Gasteiger partial charge in [0.25, 0.3) is 5.91 Å². The number of unbranched alkanes of at least 4 members (excludes halogenated alkanes) is 1. The van der Waals surface area contributed by atoms with Crippen LogP contribution in [-0.2, 0) is 6.42 Å². The van der Waals surface area contributed by atoms with Gasteiger partial charge in [0.15, 0.2) is 0 Å². The fourth-order valence-corrected chi connectivity index (χ4v) is 2.75. The van der Waals surface area contributed by atoms with E-state index in [2.05, 4.69) is 6.92 Å². The van der Waals surface area contributed by atoms with Crippen LogP contribution in [0.15, 0.2) is 42.5 Å². The number of halogens is 3. The molecule has 5 heteroatoms. The summed E-state index contributed by atoms with van der Waals surface area (Å²) in [4.78, 5) is 14.5. The number of aryl methyl sites for hydroxylation is 1. The second-order valence-corrected chi connectivity index (χ2v) is 6.43. The van der Waals surface area contributed by atoms with Gasteiger partial charge < -0.3 is 4.90 Å². The van der Waals surface area contributed by atoms with E-state index in [0.29, 0.717) is 42.1 Å². The summed E-state index contributed by atoms with van der Waals surface area (Å²) in [6.07, 6.45) is 2.97. The van der Waals surface area contributed by atoms with E-state index in [1.54, 1.807) is 29.2 Å². The molecule has 2 aromatic rings. The van der Waals surface area contributed by atoms with E-state index in [1.807, 2.05) is 0 Å². The summed E-state index contributed by atoms with van der Waals surface area (Å²) in [6.45, 7) is 3.25. The van der Waals surface area contributed by atoms with E-state index < -0.39 is 11.6 Å². The first-order valence-corrected chi connectivity index (χ1v) is 8.88. The van der Waals surface area contributed by atoms with Gasteiger partial charge in [0, 0.05) is 29.7 Å². The number of carbonyl (C=O) groups is 1. The topological polar surface area (TPSA) is 20.3 Å². The first kappa shape index (κ1) is 19.4. The fourth-order valence-electron chi connectivity index (χ4n) is 2.62. The number of hydrogen-bond acceptors (Lipinski definition) is 1. The molecular weight excluding hydrogens is 344 g/mol. The first-order chi connectivity index (χ1) is 12.0. The molecule has 0 fully saturated rings. The molecule has 2 rings (SSSR count). The summed E-state index contributed by atoms with van der Waals surface area (Å²) in [7, 11) is 0. The summed E-state index contributed by atoms with van der Waals surface area (Å²) < 4.78 is 26.7. The molecule has 25 heavy (non-hydrogen) atoms. The van der Waals surface area contributed by atoms with Crippen LogP contribution >= 0.6 is 11.6 Å². The molecule has 0 bridgehead atoms. The third-order valence-electron chi connectivity index (χ3n) is 4.05. The number of carbonyl (C=O) groups excluding carboxylic acids is 1. The van der Waals surface area contributed by atoms with Crippen molar-refractivity contribution in [3.05, 3.63) is 70.2 Å². The van der Waals surface area contributed by atoms with Crippen LogP contribution in [-0.4, -0.2) is 23.9 Å². The Hall–Kier alpha value is -1.94. The van der Waals surface area contributed by atoms with Gasteiger partial charge >= 0.3 is 0 Å². The molecule has 0 unspecified atom stereocenters. The summed E-state index contributed by atoms with van der Waals surface area (Å²) >= 11 is 5.87. The van der Waals surface area contributed by atoms with Gasteiger partial charge in [-0.25, -0.2) is 8.78 Å². The molecule has 134 valence electrons. The van der Waals surface area contributed by atoms with Crippen molar-refractivity contribution in [3.8, 4) is 0 Å². The Bertz CT molecular complexity index is 703. The number of hydrogen-bond donors (Lipinski definition) is 0. The van der Waals surface area contributed by atoms with Gasteiger partial charge in [-0.1, -0.05) is 31.0 Å². The van der Waals surface area contributed by atoms with Crippen molar-refractivity contribution in [3.63, 3.8) is 0 Å². The average molecular weight is 366 g/mol. The molecule has 0 aliphatic carbocycles. The molecule has 0 spiro atoms. The summed E-state index contributed by atoms with van der Waals surface area (Å²) in [5.41, 5.74) is 1.06. The third-order valence-corrected chi connectivity index (χ3v) is 4.30. The summed E-state index contributed by atoms with van der Waals surface area (Å²) in [5, 5.41) is 0.587. The predicted molar refractivity (Wildman–Crippen MR) is 96.9 cm³/mol. The Morgan fingerprint density at radius 2 is 1.72 bits per heavy atom. The van der Waals surface area contributed by atoms with Crippen LogP contribution < -0.4 is 0 Å². The molecule has 0 radical (unpaired) electrons. The van der Waals surface area contributed by atoms with Crippen LogP contribution in [0.4, 0.5) is 8.78 Å². The SMILES string of the molecule is CCCCN(CCCc1ccc(F)cc1F)C(=O)c1ccc(Cl)cc1. The van der Waals surface area contributed by atoms with Crippen LogP contribution in [0.5, 0.6) is 0 Å². The normalized spacial score (nSPS) is 10.7. The second kappa shape index (κ2) is 9.52. The highest BCUT2D eigenvalue weighted by Gasteiger charge is 2.15. The van der Waals surface area contributed by atoms with Gasteiger partial charge in [-0.15, -0.1) is 0 Å². The molecule has 0 heterocycles. The monoisotopic (exact) mass is 365 g/mol. The predicted octanol–water partition coefficient (Wildman–Crippen LogP) is 5.49. The molecule has 0 N–H and O–H groups in total. The molecule has 0 aromatic heterocycles. The fraction of sp³-hybridized carbons (Fsp3) is 0.350. The van der Waals surface area contributed by atoms with Crippen molar-refractivity contribution >= 4 is 17.5 Å². The minimum absolute atomic E-state index is 0.0512. The van der Waals surface area contributed by atoms with Crippen molar-refractivity contribution in [2.24, 2.45) is 0 Å². The molecule has 2 aromatic carbocycles. The number of benzene rings is 2. The van der Waals surface area contributed by atoms with Gasteiger partial charge in [-0.05, 0) is 55.2 Å². The quantitative estimate of drug-likeness (QED) is 0.605. The van der Waals surface area contributed by atoms with E-state index in [1.165, 1.54) is 12.1 Å². The van der Waals surface area contributed by atoms with Gasteiger partial charge in [-0.2, -0.15) is 0 Å². The van der Waals surface area contributed by atoms with Crippen molar-refractivity contribution in [2.45, 2.75) is 32.6 Å². The lowest BCUT2D eigenvalue weighted by atomic mass is 10.1. The molecule has 0 saturated carbocycles. The Kier molecular flexibility index (Phi) is 7.38. The number of amides is 1. The Labute approximate surface area is 152 Å². The molecule has 1 amide bonds. The Balaban J connectivity index is 1.99. The highest BCUT2D eigenvalue weighted by Crippen LogP contribution is 2.15. The van der Waals surface area contributed by atoms with Crippen LogP contribution in [0.25, 0.3) is 0 Å². The van der Waals surface area contributed by atoms with E-state index in [0.717, 1.165) is 18.9 Å². The van der Waals surface area contributed by atoms with Gasteiger partial charge in [0.2, 0.25) is 0 Å². The number of rotatable bonds is 8. The average Bonchev–Trinajstić information content (AvgIpc) is 2.59. The van der Waals surface area contributed by atoms with E-state index in [-0.39, 0.29) is 5.91 Å². The Morgan fingerprint density at radius 1 is 1.04 bits per heavy atom. The van der Waals surface area contributed by atoms with Crippen molar-refractivity contribution in [2.75, 3.05) is 13.1 Å². The van der Waals surface area contributed by atoms with Crippen molar-refractivity contribution in [1.29, 1.82) is 0 Å². The van der Waals surface area contributed by atoms with Crippen molar-refractivity contribution in [1.82, 2.24) is 4.90 Å². The first-order valence-electron chi connectivity index (χ1n) is 8.50. The lowest BCUT2D eigenvalue weighted by Crippen LogP contribution is -2.33. The molecule has 2 nitrogen and oxygen atoms in total. The van der Waals surface area contributed by atoms with Crippen LogP contribution in [0.3, 0.4) is 0 Å². The maximum atomic E-state index is 13.7. The smallest absolute Gasteiger partial charge is 0.253 e. The van der Waals surface area contributed by atoms with Crippen LogP contribution in [0, 0.1) is 11.6 Å². The standard InChI is InChI=1S/C20H22ClF2NO/c1-2-3-12-24(20(25)16-6-9-17(21)10-7-16)13-4-5-15-8-11-18(22)14-19(15)23/h6-11,14H,2-5,12-13H2,1H3. The van der Waals surface area contributed by atoms with Crippen molar-refractivity contribution < 1.29 is 13.6 Å². The zero-order chi connectivity index (χ0) is 18.2. The van der Waals surface area contributed by atoms with Gasteiger partial charge in [0.1, 0.15) is 11.6 Å². The highest BCUT2D eigenvalue weighted by molar-refractivity contribution is 6.30. The molecular formula is C20H22ClF2NO. The maximum Gasteiger partial charge on any atom is 0.253 e. The molecule has 0 aliphatic rings. The van der Waals surface area contributed by atoms with E-state index in [4.69, 9.17) is 11.6 Å². The highest BCUT2D eigenvalue weighted by atomic mass is 35.5. The van der Waals surface area contributed by atoms with Gasteiger partial charge in [-0.3, -0.25) is 4.79 Å². The molecule has 0 saturated heterocycles. The number of nitrogens with zero attached hydrogens (tertiary/aromatic N) is 1. The zero-order valence-electron chi connectivity index (χ0n) is 14.3. The summed E-state index contributed by atoms with van der Waals surface area (Å²) in [5.74, 6) is -1.17. The van der Waals surface area contributed by atoms with E-state index >= 15 is 0 Å². The van der Waals surface area contributed by atoms with E-state index in [9.17, 15) is 13.6 Å².